The van der Waals surface area contributed by atoms with Gasteiger partial charge in [0.25, 0.3) is 10.0 Å². The molecule has 2 aliphatic rings. The molecule has 0 saturated heterocycles. The Labute approximate surface area is 184 Å². The van der Waals surface area contributed by atoms with Crippen LogP contribution in [0.3, 0.4) is 0 Å². The van der Waals surface area contributed by atoms with Crippen LogP contribution < -0.4 is 14.2 Å². The van der Waals surface area contributed by atoms with Gasteiger partial charge in [-0.3, -0.25) is 4.72 Å². The highest BCUT2D eigenvalue weighted by atomic mass is 32.2. The number of methoxy groups -OCH3 is 1. The number of aromatic nitrogens is 2. The van der Waals surface area contributed by atoms with Gasteiger partial charge < -0.3 is 14.4 Å². The van der Waals surface area contributed by atoms with Crippen LogP contribution in [0.4, 0.5) is 5.69 Å². The van der Waals surface area contributed by atoms with Crippen LogP contribution >= 0.6 is 0 Å². The number of rotatable bonds is 6. The third-order valence-electron chi connectivity index (χ3n) is 5.98. The van der Waals surface area contributed by atoms with Gasteiger partial charge in [0.15, 0.2) is 0 Å². The van der Waals surface area contributed by atoms with E-state index in [0.29, 0.717) is 17.3 Å². The van der Waals surface area contributed by atoms with Crippen LogP contribution in [0.5, 0.6) is 11.8 Å². The van der Waals surface area contributed by atoms with Crippen molar-refractivity contribution in [2.45, 2.75) is 56.4 Å². The summed E-state index contributed by atoms with van der Waals surface area (Å²) in [5.41, 5.74) is 2.73. The summed E-state index contributed by atoms with van der Waals surface area (Å²) in [5, 5.41) is 0. The van der Waals surface area contributed by atoms with Crippen molar-refractivity contribution in [2.75, 3.05) is 32.0 Å². The lowest BCUT2D eigenvalue weighted by molar-refractivity contribution is 0.201. The van der Waals surface area contributed by atoms with Crippen molar-refractivity contribution in [3.8, 4) is 11.8 Å². The lowest BCUT2D eigenvalue weighted by Crippen LogP contribution is -2.20. The molecule has 2 aromatic heterocycles. The molecule has 0 amide bonds. The minimum absolute atomic E-state index is 0.114. The van der Waals surface area contributed by atoms with E-state index < -0.39 is 10.0 Å². The Hall–Kier alpha value is -2.39. The highest BCUT2D eigenvalue weighted by Crippen LogP contribution is 2.30. The Bertz CT molecular complexity index is 1050. The number of likely N-dealkylation sites (N-methyl/N-ethyl adjacent to an activating group) is 1. The number of fused-ring (bicyclic) bond motifs is 1. The molecule has 0 spiro atoms. The number of anilines is 1. The number of pyridine rings is 2. The van der Waals surface area contributed by atoms with E-state index in [-0.39, 0.29) is 16.9 Å². The van der Waals surface area contributed by atoms with Crippen LogP contribution in [0.2, 0.25) is 0 Å². The quantitative estimate of drug-likeness (QED) is 0.729. The first kappa shape index (κ1) is 21.8. The summed E-state index contributed by atoms with van der Waals surface area (Å²) in [4.78, 5) is 11.3. The predicted octanol–water partition coefficient (Wildman–Crippen LogP) is 2.95. The molecule has 4 rings (SSSR count). The maximum Gasteiger partial charge on any atom is 0.263 e. The fraction of sp³-hybridized carbons (Fsp3) is 0.545. The smallest absolute Gasteiger partial charge is 0.263 e. The molecule has 0 aromatic carbocycles. The Morgan fingerprint density at radius 2 is 1.87 bits per heavy atom. The Kier molecular flexibility index (Phi) is 6.34. The summed E-state index contributed by atoms with van der Waals surface area (Å²) >= 11 is 0. The summed E-state index contributed by atoms with van der Waals surface area (Å²) in [6.07, 6.45) is 6.14. The van der Waals surface area contributed by atoms with Crippen molar-refractivity contribution in [2.24, 2.45) is 0 Å². The molecule has 0 radical (unpaired) electrons. The summed E-state index contributed by atoms with van der Waals surface area (Å²) in [5.74, 6) is 0.746. The summed E-state index contributed by atoms with van der Waals surface area (Å²) in [7, 11) is -0.296. The predicted molar refractivity (Wildman–Crippen MR) is 118 cm³/mol. The third-order valence-corrected chi connectivity index (χ3v) is 7.48. The fourth-order valence-corrected chi connectivity index (χ4v) is 5.43. The number of aryl methyl sites for hydroxylation is 1. The van der Waals surface area contributed by atoms with Gasteiger partial charge in [0.1, 0.15) is 16.7 Å². The standard InChI is InChI=1S/C22H30N4O4S/c1-15-20(8-9-21(23-15)30-17-6-4-5-7-17)31(27,28)25-19-14-16-10-12-26(2)13-11-18(16)24-22(19)29-3/h8-9,14,17,25H,4-7,10-13H2,1-3H3. The van der Waals surface area contributed by atoms with Gasteiger partial charge in [0.2, 0.25) is 11.8 Å². The number of hydrogen-bond donors (Lipinski definition) is 1. The highest BCUT2D eigenvalue weighted by Gasteiger charge is 2.24. The van der Waals surface area contributed by atoms with Gasteiger partial charge in [-0.25, -0.2) is 18.4 Å². The second-order valence-corrected chi connectivity index (χ2v) is 9.97. The summed E-state index contributed by atoms with van der Waals surface area (Å²) in [6, 6.07) is 5.02. The third kappa shape index (κ3) is 4.93. The van der Waals surface area contributed by atoms with Crippen molar-refractivity contribution in [1.29, 1.82) is 0 Å². The van der Waals surface area contributed by atoms with Crippen LogP contribution in [0.1, 0.15) is 42.6 Å². The van der Waals surface area contributed by atoms with Crippen LogP contribution in [0.15, 0.2) is 23.1 Å². The van der Waals surface area contributed by atoms with Gasteiger partial charge in [0, 0.05) is 31.3 Å². The number of ether oxygens (including phenoxy) is 2. The molecule has 0 bridgehead atoms. The molecule has 8 nitrogen and oxygen atoms in total. The molecule has 1 saturated carbocycles. The van der Waals surface area contributed by atoms with Crippen molar-refractivity contribution in [3.05, 3.63) is 35.2 Å². The first-order chi connectivity index (χ1) is 14.9. The lowest BCUT2D eigenvalue weighted by Gasteiger charge is -2.16. The van der Waals surface area contributed by atoms with Crippen molar-refractivity contribution in [1.82, 2.24) is 14.9 Å². The van der Waals surface area contributed by atoms with Crippen molar-refractivity contribution < 1.29 is 17.9 Å². The van der Waals surface area contributed by atoms with E-state index in [0.717, 1.165) is 62.9 Å². The highest BCUT2D eigenvalue weighted by molar-refractivity contribution is 7.92. The second kappa shape index (κ2) is 9.00. The summed E-state index contributed by atoms with van der Waals surface area (Å²) < 4.78 is 40.3. The van der Waals surface area contributed by atoms with E-state index in [1.807, 2.05) is 6.07 Å². The molecule has 3 heterocycles. The number of nitrogens with one attached hydrogen (secondary N) is 1. The van der Waals surface area contributed by atoms with Gasteiger partial charge in [-0.05, 0) is 63.8 Å². The minimum Gasteiger partial charge on any atom is -0.479 e. The molecule has 9 heteroatoms. The molecule has 168 valence electrons. The number of hydrogen-bond acceptors (Lipinski definition) is 7. The molecule has 1 fully saturated rings. The van der Waals surface area contributed by atoms with E-state index in [2.05, 4.69) is 26.6 Å². The number of sulfonamides is 1. The molecule has 1 aliphatic carbocycles. The SMILES string of the molecule is COc1nc2c(cc1NS(=O)(=O)c1ccc(OC3CCCC3)nc1C)CCN(C)CC2. The first-order valence-corrected chi connectivity index (χ1v) is 12.3. The average Bonchev–Trinajstić information content (AvgIpc) is 3.16. The van der Waals surface area contributed by atoms with E-state index >= 15 is 0 Å². The van der Waals surface area contributed by atoms with Gasteiger partial charge in [-0.2, -0.15) is 0 Å². The molecular weight excluding hydrogens is 416 g/mol. The Morgan fingerprint density at radius 1 is 1.13 bits per heavy atom. The fourth-order valence-electron chi connectivity index (χ4n) is 4.21. The Morgan fingerprint density at radius 3 is 2.58 bits per heavy atom. The van der Waals surface area contributed by atoms with Gasteiger partial charge in [0.05, 0.1) is 12.8 Å². The van der Waals surface area contributed by atoms with Gasteiger partial charge in [-0.1, -0.05) is 0 Å². The zero-order valence-corrected chi connectivity index (χ0v) is 19.2. The second-order valence-electron chi connectivity index (χ2n) is 8.32. The van der Waals surface area contributed by atoms with Crippen LogP contribution in [0, 0.1) is 6.92 Å². The van der Waals surface area contributed by atoms with E-state index in [9.17, 15) is 8.42 Å². The maximum absolute atomic E-state index is 13.2. The molecule has 0 atom stereocenters. The first-order valence-electron chi connectivity index (χ1n) is 10.8. The minimum atomic E-state index is -3.87. The van der Waals surface area contributed by atoms with Gasteiger partial charge in [-0.15, -0.1) is 0 Å². The maximum atomic E-state index is 13.2. The monoisotopic (exact) mass is 446 g/mol. The summed E-state index contributed by atoms with van der Waals surface area (Å²) in [6.45, 7) is 3.49. The largest absolute Gasteiger partial charge is 0.479 e. The van der Waals surface area contributed by atoms with E-state index in [1.54, 1.807) is 19.1 Å². The number of nitrogens with zero attached hydrogens (tertiary/aromatic N) is 3. The molecule has 2 aromatic rings. The molecular formula is C22H30N4O4S. The molecule has 31 heavy (non-hydrogen) atoms. The lowest BCUT2D eigenvalue weighted by atomic mass is 10.1. The normalized spacial score (nSPS) is 17.8. The zero-order valence-electron chi connectivity index (χ0n) is 18.3. The van der Waals surface area contributed by atoms with Crippen LogP contribution in [0.25, 0.3) is 0 Å². The van der Waals surface area contributed by atoms with Gasteiger partial charge >= 0.3 is 0 Å². The van der Waals surface area contributed by atoms with Crippen LogP contribution in [-0.4, -0.2) is 56.6 Å². The van der Waals surface area contributed by atoms with Crippen LogP contribution in [-0.2, 0) is 22.9 Å². The Balaban J connectivity index is 1.58. The topological polar surface area (TPSA) is 93.6 Å². The average molecular weight is 447 g/mol. The van der Waals surface area contributed by atoms with Crippen molar-refractivity contribution >= 4 is 15.7 Å². The van der Waals surface area contributed by atoms with Crippen molar-refractivity contribution in [3.63, 3.8) is 0 Å². The van der Waals surface area contributed by atoms with E-state index in [1.165, 1.54) is 7.11 Å². The molecule has 1 N–H and O–H groups in total. The molecule has 0 unspecified atom stereocenters. The molecule has 1 aliphatic heterocycles. The zero-order chi connectivity index (χ0) is 22.0. The van der Waals surface area contributed by atoms with E-state index in [4.69, 9.17) is 9.47 Å².